The SMILES string of the molecule is CN(C)Cc1nc(N)c2c(n1)CCOC2. The van der Waals surface area contributed by atoms with Crippen LogP contribution in [0.25, 0.3) is 0 Å². The lowest BCUT2D eigenvalue weighted by Gasteiger charge is -2.18. The topological polar surface area (TPSA) is 64.3 Å². The van der Waals surface area contributed by atoms with Crippen LogP contribution in [0.3, 0.4) is 0 Å². The fourth-order valence-corrected chi connectivity index (χ4v) is 1.66. The highest BCUT2D eigenvalue weighted by atomic mass is 16.5. The van der Waals surface area contributed by atoms with Gasteiger partial charge < -0.3 is 15.4 Å². The van der Waals surface area contributed by atoms with E-state index in [0.717, 1.165) is 36.7 Å². The number of ether oxygens (including phenoxy) is 1. The van der Waals surface area contributed by atoms with Crippen molar-refractivity contribution in [1.82, 2.24) is 14.9 Å². The summed E-state index contributed by atoms with van der Waals surface area (Å²) in [6, 6.07) is 0. The lowest BCUT2D eigenvalue weighted by atomic mass is 10.1. The summed E-state index contributed by atoms with van der Waals surface area (Å²) in [4.78, 5) is 10.8. The van der Waals surface area contributed by atoms with E-state index in [2.05, 4.69) is 9.97 Å². The molecule has 5 nitrogen and oxygen atoms in total. The standard InChI is InChI=1S/C10H16N4O/c1-14(2)5-9-12-8-3-4-15-6-7(8)10(11)13-9/h3-6H2,1-2H3,(H2,11,12,13). The third kappa shape index (κ3) is 2.24. The molecule has 1 aromatic rings. The first-order chi connectivity index (χ1) is 7.16. The van der Waals surface area contributed by atoms with Crippen molar-refractivity contribution in [3.8, 4) is 0 Å². The Morgan fingerprint density at radius 2 is 2.20 bits per heavy atom. The van der Waals surface area contributed by atoms with Gasteiger partial charge in [0.2, 0.25) is 0 Å². The summed E-state index contributed by atoms with van der Waals surface area (Å²) in [5.74, 6) is 1.36. The smallest absolute Gasteiger partial charge is 0.144 e. The highest BCUT2D eigenvalue weighted by Crippen LogP contribution is 2.19. The minimum atomic E-state index is 0.545. The molecule has 15 heavy (non-hydrogen) atoms. The number of hydrogen-bond donors (Lipinski definition) is 1. The molecule has 1 aromatic heterocycles. The van der Waals surface area contributed by atoms with Gasteiger partial charge in [-0.05, 0) is 14.1 Å². The van der Waals surface area contributed by atoms with Gasteiger partial charge in [-0.1, -0.05) is 0 Å². The van der Waals surface area contributed by atoms with Crippen LogP contribution in [0.1, 0.15) is 17.1 Å². The fourth-order valence-electron chi connectivity index (χ4n) is 1.66. The number of rotatable bonds is 2. The van der Waals surface area contributed by atoms with Crippen LogP contribution in [0.4, 0.5) is 5.82 Å². The second-order valence-electron chi connectivity index (χ2n) is 3.99. The van der Waals surface area contributed by atoms with E-state index in [4.69, 9.17) is 10.5 Å². The van der Waals surface area contributed by atoms with Crippen LogP contribution in [0.2, 0.25) is 0 Å². The molecule has 0 amide bonds. The molecule has 5 heteroatoms. The van der Waals surface area contributed by atoms with E-state index in [-0.39, 0.29) is 0 Å². The average Bonchev–Trinajstić information content (AvgIpc) is 2.16. The van der Waals surface area contributed by atoms with Crippen LogP contribution < -0.4 is 5.73 Å². The van der Waals surface area contributed by atoms with Crippen molar-refractivity contribution in [3.63, 3.8) is 0 Å². The fraction of sp³-hybridized carbons (Fsp3) is 0.600. The van der Waals surface area contributed by atoms with Gasteiger partial charge in [-0.3, -0.25) is 0 Å². The van der Waals surface area contributed by atoms with Gasteiger partial charge in [0.15, 0.2) is 0 Å². The third-order valence-corrected chi connectivity index (χ3v) is 2.36. The molecule has 1 aliphatic heterocycles. The summed E-state index contributed by atoms with van der Waals surface area (Å²) in [5.41, 5.74) is 7.88. The molecule has 0 fully saturated rings. The molecule has 0 bridgehead atoms. The van der Waals surface area contributed by atoms with Gasteiger partial charge in [-0.25, -0.2) is 9.97 Å². The van der Waals surface area contributed by atoms with Crippen molar-refractivity contribution in [2.75, 3.05) is 26.4 Å². The van der Waals surface area contributed by atoms with Gasteiger partial charge in [0.05, 0.1) is 25.5 Å². The zero-order valence-corrected chi connectivity index (χ0v) is 9.16. The van der Waals surface area contributed by atoms with Crippen LogP contribution in [0, 0.1) is 0 Å². The van der Waals surface area contributed by atoms with Gasteiger partial charge in [0.25, 0.3) is 0 Å². The van der Waals surface area contributed by atoms with Crippen LogP contribution in [-0.2, 0) is 24.3 Å². The highest BCUT2D eigenvalue weighted by Gasteiger charge is 2.16. The zero-order chi connectivity index (χ0) is 10.8. The maximum atomic E-state index is 5.87. The molecule has 0 atom stereocenters. The molecule has 82 valence electrons. The number of aromatic nitrogens is 2. The molecule has 2 rings (SSSR count). The van der Waals surface area contributed by atoms with Gasteiger partial charge in [-0.2, -0.15) is 0 Å². The van der Waals surface area contributed by atoms with E-state index in [1.807, 2.05) is 19.0 Å². The van der Waals surface area contributed by atoms with Gasteiger partial charge >= 0.3 is 0 Å². The Labute approximate surface area is 89.3 Å². The van der Waals surface area contributed by atoms with Gasteiger partial charge in [0.1, 0.15) is 11.6 Å². The minimum Gasteiger partial charge on any atom is -0.383 e. The zero-order valence-electron chi connectivity index (χ0n) is 9.16. The van der Waals surface area contributed by atoms with E-state index in [0.29, 0.717) is 12.4 Å². The molecular weight excluding hydrogens is 192 g/mol. The Hall–Kier alpha value is -1.20. The lowest BCUT2D eigenvalue weighted by Crippen LogP contribution is -2.20. The average molecular weight is 208 g/mol. The number of hydrogen-bond acceptors (Lipinski definition) is 5. The quantitative estimate of drug-likeness (QED) is 0.751. The highest BCUT2D eigenvalue weighted by molar-refractivity contribution is 5.42. The molecule has 2 N–H and O–H groups in total. The summed E-state index contributed by atoms with van der Waals surface area (Å²) in [7, 11) is 3.98. The number of anilines is 1. The van der Waals surface area contributed by atoms with Crippen molar-refractivity contribution in [3.05, 3.63) is 17.1 Å². The second kappa shape index (κ2) is 4.12. The molecule has 0 radical (unpaired) electrons. The number of nitrogen functional groups attached to an aromatic ring is 1. The number of nitrogens with two attached hydrogens (primary N) is 1. The summed E-state index contributed by atoms with van der Waals surface area (Å²) in [6.07, 6.45) is 0.836. The minimum absolute atomic E-state index is 0.545. The van der Waals surface area contributed by atoms with Crippen LogP contribution in [0.15, 0.2) is 0 Å². The first-order valence-electron chi connectivity index (χ1n) is 5.03. The first-order valence-corrected chi connectivity index (χ1v) is 5.03. The Balaban J connectivity index is 2.32. The molecule has 2 heterocycles. The van der Waals surface area contributed by atoms with E-state index >= 15 is 0 Å². The Bertz CT molecular complexity index is 365. The number of fused-ring (bicyclic) bond motifs is 1. The van der Waals surface area contributed by atoms with Gasteiger partial charge in [0, 0.05) is 12.0 Å². The van der Waals surface area contributed by atoms with Gasteiger partial charge in [-0.15, -0.1) is 0 Å². The van der Waals surface area contributed by atoms with Crippen LogP contribution in [-0.4, -0.2) is 35.6 Å². The molecule has 0 saturated carbocycles. The van der Waals surface area contributed by atoms with Crippen molar-refractivity contribution in [2.24, 2.45) is 0 Å². The van der Waals surface area contributed by atoms with Crippen LogP contribution >= 0.6 is 0 Å². The summed E-state index contributed by atoms with van der Waals surface area (Å²) >= 11 is 0. The van der Waals surface area contributed by atoms with E-state index < -0.39 is 0 Å². The lowest BCUT2D eigenvalue weighted by molar-refractivity contribution is 0.109. The Kier molecular flexibility index (Phi) is 2.83. The second-order valence-corrected chi connectivity index (χ2v) is 3.99. The van der Waals surface area contributed by atoms with E-state index in [1.165, 1.54) is 0 Å². The Morgan fingerprint density at radius 1 is 1.40 bits per heavy atom. The largest absolute Gasteiger partial charge is 0.383 e. The maximum absolute atomic E-state index is 5.87. The monoisotopic (exact) mass is 208 g/mol. The van der Waals surface area contributed by atoms with Crippen molar-refractivity contribution in [2.45, 2.75) is 19.6 Å². The predicted molar refractivity (Wildman–Crippen MR) is 57.2 cm³/mol. The van der Waals surface area contributed by atoms with E-state index in [9.17, 15) is 0 Å². The molecule has 0 spiro atoms. The van der Waals surface area contributed by atoms with Crippen LogP contribution in [0.5, 0.6) is 0 Å². The molecule has 0 aromatic carbocycles. The maximum Gasteiger partial charge on any atom is 0.144 e. The summed E-state index contributed by atoms with van der Waals surface area (Å²) < 4.78 is 5.33. The first kappa shape index (κ1) is 10.3. The normalized spacial score (nSPS) is 15.4. The molecular formula is C10H16N4O. The summed E-state index contributed by atoms with van der Waals surface area (Å²) in [5, 5.41) is 0. The van der Waals surface area contributed by atoms with Crippen molar-refractivity contribution >= 4 is 5.82 Å². The van der Waals surface area contributed by atoms with Crippen molar-refractivity contribution in [1.29, 1.82) is 0 Å². The molecule has 0 unspecified atom stereocenters. The molecule has 0 aliphatic carbocycles. The third-order valence-electron chi connectivity index (χ3n) is 2.36. The van der Waals surface area contributed by atoms with Crippen molar-refractivity contribution < 1.29 is 4.74 Å². The van der Waals surface area contributed by atoms with E-state index in [1.54, 1.807) is 0 Å². The molecule has 1 aliphatic rings. The number of nitrogens with zero attached hydrogens (tertiary/aromatic N) is 3. The predicted octanol–water partition coefficient (Wildman–Crippen LogP) is 0.193. The Morgan fingerprint density at radius 3 is 2.93 bits per heavy atom. The molecule has 0 saturated heterocycles. The summed E-state index contributed by atoms with van der Waals surface area (Å²) in [6.45, 7) is 1.99.